The van der Waals surface area contributed by atoms with Crippen molar-refractivity contribution in [3.63, 3.8) is 0 Å². The normalized spacial score (nSPS) is 16.0. The van der Waals surface area contributed by atoms with Crippen molar-refractivity contribution >= 4 is 24.2 Å². The van der Waals surface area contributed by atoms with Crippen LogP contribution in [0.2, 0.25) is 0 Å². The maximum absolute atomic E-state index is 12.6. The molecule has 0 bridgehead atoms. The van der Waals surface area contributed by atoms with Crippen LogP contribution in [0.1, 0.15) is 44.2 Å². The van der Waals surface area contributed by atoms with Crippen molar-refractivity contribution in [1.82, 2.24) is 10.2 Å². The summed E-state index contributed by atoms with van der Waals surface area (Å²) in [7, 11) is 0. The molecule has 1 saturated heterocycles. The van der Waals surface area contributed by atoms with Crippen LogP contribution in [0, 0.1) is 5.92 Å². The highest BCUT2D eigenvalue weighted by molar-refractivity contribution is 5.85. The summed E-state index contributed by atoms with van der Waals surface area (Å²) in [5.41, 5.74) is 6.36. The van der Waals surface area contributed by atoms with E-state index in [2.05, 4.69) is 5.32 Å². The van der Waals surface area contributed by atoms with Gasteiger partial charge in [-0.15, -0.1) is 12.4 Å². The van der Waals surface area contributed by atoms with Crippen LogP contribution in [0.25, 0.3) is 0 Å². The third-order valence-corrected chi connectivity index (χ3v) is 4.62. The quantitative estimate of drug-likeness (QED) is 0.789. The lowest BCUT2D eigenvalue weighted by molar-refractivity contribution is -0.137. The van der Waals surface area contributed by atoms with Crippen LogP contribution < -0.4 is 11.1 Å². The van der Waals surface area contributed by atoms with E-state index in [1.54, 1.807) is 4.90 Å². The largest absolute Gasteiger partial charge is 0.368 e. The molecular weight excluding hydrogens is 326 g/mol. The fraction of sp³-hybridized carbons (Fsp3) is 0.556. The van der Waals surface area contributed by atoms with Gasteiger partial charge in [0, 0.05) is 6.42 Å². The third-order valence-electron chi connectivity index (χ3n) is 4.62. The molecule has 24 heavy (non-hydrogen) atoms. The summed E-state index contributed by atoms with van der Waals surface area (Å²) in [5.74, 6) is 0.143. The van der Waals surface area contributed by atoms with Gasteiger partial charge in [-0.3, -0.25) is 9.59 Å². The molecule has 1 aliphatic heterocycles. The highest BCUT2D eigenvalue weighted by Crippen LogP contribution is 2.23. The first-order valence-electron chi connectivity index (χ1n) is 8.41. The summed E-state index contributed by atoms with van der Waals surface area (Å²) in [5, 5.41) is 3.33. The molecule has 0 aromatic heterocycles. The Kier molecular flexibility index (Phi) is 8.79. The molecule has 2 rings (SSSR count). The van der Waals surface area contributed by atoms with E-state index in [1.165, 1.54) is 0 Å². The van der Waals surface area contributed by atoms with E-state index >= 15 is 0 Å². The number of benzene rings is 1. The minimum atomic E-state index is -0.469. The molecule has 0 aliphatic carbocycles. The Bertz CT molecular complexity index is 518. The number of carbonyl (C=O) groups excluding carboxylic acids is 2. The Morgan fingerprint density at radius 2 is 1.88 bits per heavy atom. The van der Waals surface area contributed by atoms with E-state index in [0.29, 0.717) is 12.3 Å². The molecule has 1 atom stereocenters. The zero-order valence-electron chi connectivity index (χ0n) is 14.2. The molecule has 5 nitrogen and oxygen atoms in total. The van der Waals surface area contributed by atoms with Crippen molar-refractivity contribution < 1.29 is 9.59 Å². The van der Waals surface area contributed by atoms with Crippen LogP contribution in [0.5, 0.6) is 0 Å². The first kappa shape index (κ1) is 20.5. The van der Waals surface area contributed by atoms with Crippen LogP contribution in [0.15, 0.2) is 30.3 Å². The van der Waals surface area contributed by atoms with Gasteiger partial charge in [-0.25, -0.2) is 0 Å². The summed E-state index contributed by atoms with van der Waals surface area (Å²) in [6.07, 6.45) is 3.61. The molecule has 1 fully saturated rings. The van der Waals surface area contributed by atoms with Crippen molar-refractivity contribution in [2.45, 2.75) is 38.6 Å². The molecular formula is C18H28ClN3O2. The number of rotatable bonds is 7. The lowest BCUT2D eigenvalue weighted by atomic mass is 9.93. The molecule has 1 aromatic rings. The molecule has 1 aromatic carbocycles. The van der Waals surface area contributed by atoms with Gasteiger partial charge in [0.25, 0.3) is 0 Å². The number of halogens is 1. The number of nitrogens with two attached hydrogens (primary N) is 1. The van der Waals surface area contributed by atoms with Crippen molar-refractivity contribution in [1.29, 1.82) is 0 Å². The first-order valence-corrected chi connectivity index (χ1v) is 8.41. The fourth-order valence-electron chi connectivity index (χ4n) is 3.16. The zero-order chi connectivity index (χ0) is 16.7. The van der Waals surface area contributed by atoms with Crippen LogP contribution in [0.3, 0.4) is 0 Å². The summed E-state index contributed by atoms with van der Waals surface area (Å²) in [4.78, 5) is 25.6. The lowest BCUT2D eigenvalue weighted by Crippen LogP contribution is -2.40. The molecule has 3 N–H and O–H groups in total. The van der Waals surface area contributed by atoms with Crippen LogP contribution >= 0.6 is 12.4 Å². The van der Waals surface area contributed by atoms with Crippen LogP contribution in [0.4, 0.5) is 0 Å². The van der Waals surface area contributed by atoms with Gasteiger partial charge in [-0.1, -0.05) is 30.3 Å². The summed E-state index contributed by atoms with van der Waals surface area (Å²) < 4.78 is 0. The Morgan fingerprint density at radius 3 is 2.46 bits per heavy atom. The van der Waals surface area contributed by atoms with Gasteiger partial charge in [-0.2, -0.15) is 0 Å². The highest BCUT2D eigenvalue weighted by Gasteiger charge is 2.24. The monoisotopic (exact) mass is 353 g/mol. The minimum Gasteiger partial charge on any atom is -0.368 e. The van der Waals surface area contributed by atoms with Gasteiger partial charge < -0.3 is 16.0 Å². The van der Waals surface area contributed by atoms with Crippen LogP contribution in [-0.2, 0) is 9.59 Å². The predicted molar refractivity (Wildman–Crippen MR) is 97.8 cm³/mol. The predicted octanol–water partition coefficient (Wildman–Crippen LogP) is 2.26. The maximum atomic E-state index is 12.6. The Balaban J connectivity index is 0.00000288. The number of carbonyl (C=O) groups is 2. The Labute approximate surface area is 150 Å². The summed E-state index contributed by atoms with van der Waals surface area (Å²) in [6.45, 7) is 3.98. The standard InChI is InChI=1S/C18H27N3O2.ClH/c1-14(16-5-3-2-4-6-16)21(13-17(19)22)18(23)8-7-15-9-11-20-12-10-15;/h2-6,14-15,20H,7-13H2,1H3,(H2,19,22);1H/t14-;/m1./s1. The van der Waals surface area contributed by atoms with E-state index in [4.69, 9.17) is 5.73 Å². The minimum absolute atomic E-state index is 0. The number of nitrogens with one attached hydrogen (secondary N) is 1. The number of primary amides is 1. The molecule has 0 radical (unpaired) electrons. The smallest absolute Gasteiger partial charge is 0.237 e. The van der Waals surface area contributed by atoms with E-state index in [0.717, 1.165) is 37.9 Å². The average molecular weight is 354 g/mol. The summed E-state index contributed by atoms with van der Waals surface area (Å²) >= 11 is 0. The van der Waals surface area contributed by atoms with E-state index in [-0.39, 0.29) is 30.9 Å². The Hall–Kier alpha value is -1.59. The zero-order valence-corrected chi connectivity index (χ0v) is 15.1. The molecule has 0 unspecified atom stereocenters. The Morgan fingerprint density at radius 1 is 1.25 bits per heavy atom. The van der Waals surface area contributed by atoms with Crippen molar-refractivity contribution in [3.05, 3.63) is 35.9 Å². The molecule has 0 spiro atoms. The number of nitrogens with zero attached hydrogens (tertiary/aromatic N) is 1. The number of piperidine rings is 1. The molecule has 1 aliphatic rings. The fourth-order valence-corrected chi connectivity index (χ4v) is 3.16. The van der Waals surface area contributed by atoms with E-state index in [9.17, 15) is 9.59 Å². The van der Waals surface area contributed by atoms with Gasteiger partial charge in [-0.05, 0) is 50.8 Å². The van der Waals surface area contributed by atoms with Gasteiger partial charge in [0.1, 0.15) is 0 Å². The van der Waals surface area contributed by atoms with E-state index < -0.39 is 5.91 Å². The van der Waals surface area contributed by atoms with Gasteiger partial charge in [0.2, 0.25) is 11.8 Å². The van der Waals surface area contributed by atoms with Gasteiger partial charge in [0.15, 0.2) is 0 Å². The topological polar surface area (TPSA) is 75.4 Å². The maximum Gasteiger partial charge on any atom is 0.237 e. The SMILES string of the molecule is C[C@H](c1ccccc1)N(CC(N)=O)C(=O)CCC1CCNCC1.Cl. The van der Waals surface area contributed by atoms with Crippen LogP contribution in [-0.4, -0.2) is 36.3 Å². The van der Waals surface area contributed by atoms with Gasteiger partial charge >= 0.3 is 0 Å². The molecule has 1 heterocycles. The first-order chi connectivity index (χ1) is 11.1. The second-order valence-electron chi connectivity index (χ2n) is 6.31. The average Bonchev–Trinajstić information content (AvgIpc) is 2.58. The van der Waals surface area contributed by atoms with Gasteiger partial charge in [0.05, 0.1) is 12.6 Å². The second-order valence-corrected chi connectivity index (χ2v) is 6.31. The summed E-state index contributed by atoms with van der Waals surface area (Å²) in [6, 6.07) is 9.61. The molecule has 0 saturated carbocycles. The molecule has 6 heteroatoms. The lowest BCUT2D eigenvalue weighted by Gasteiger charge is -2.30. The third kappa shape index (κ3) is 6.13. The van der Waals surface area contributed by atoms with Crippen molar-refractivity contribution in [2.24, 2.45) is 11.7 Å². The number of hydrogen-bond donors (Lipinski definition) is 2. The van der Waals surface area contributed by atoms with Crippen molar-refractivity contribution in [3.8, 4) is 0 Å². The second kappa shape index (κ2) is 10.3. The number of hydrogen-bond acceptors (Lipinski definition) is 3. The highest BCUT2D eigenvalue weighted by atomic mass is 35.5. The molecule has 2 amide bonds. The van der Waals surface area contributed by atoms with Crippen molar-refractivity contribution in [2.75, 3.05) is 19.6 Å². The number of amides is 2. The van der Waals surface area contributed by atoms with E-state index in [1.807, 2.05) is 37.3 Å². The molecule has 134 valence electrons.